The maximum atomic E-state index is 14.5. The molecule has 1 amide bonds. The van der Waals surface area contributed by atoms with Crippen LogP contribution in [0.3, 0.4) is 0 Å². The van der Waals surface area contributed by atoms with Crippen LogP contribution in [0.5, 0.6) is 0 Å². The molecule has 13 heteroatoms. The predicted octanol–water partition coefficient (Wildman–Crippen LogP) is 5.60. The van der Waals surface area contributed by atoms with Crippen molar-refractivity contribution >= 4 is 17.3 Å². The molecule has 0 spiro atoms. The molecule has 1 saturated heterocycles. The lowest BCUT2D eigenvalue weighted by atomic mass is 9.78. The Morgan fingerprint density at radius 3 is 1.98 bits per heavy atom. The number of piperidine rings is 1. The average Bonchev–Trinajstić information content (AvgIpc) is 3.01. The summed E-state index contributed by atoms with van der Waals surface area (Å²) in [6, 6.07) is 19.2. The number of aliphatic hydroxyl groups is 1. The summed E-state index contributed by atoms with van der Waals surface area (Å²) in [6.45, 7) is 0.497. The summed E-state index contributed by atoms with van der Waals surface area (Å²) in [7, 11) is 0. The van der Waals surface area contributed by atoms with Gasteiger partial charge in [-0.1, -0.05) is 60.7 Å². The van der Waals surface area contributed by atoms with Crippen LogP contribution < -0.4 is 15.5 Å². The Bertz CT molecular complexity index is 1460. The number of amides is 1. The lowest BCUT2D eigenvalue weighted by molar-refractivity contribution is -0.192. The summed E-state index contributed by atoms with van der Waals surface area (Å²) in [4.78, 5) is 17.9. The van der Waals surface area contributed by atoms with Gasteiger partial charge in [-0.3, -0.25) is 4.79 Å². The number of carbonyl (C=O) groups is 1. The summed E-state index contributed by atoms with van der Waals surface area (Å²) >= 11 is 0. The second-order valence-electron chi connectivity index (χ2n) is 10.7. The highest BCUT2D eigenvalue weighted by atomic mass is 19.4. The highest BCUT2D eigenvalue weighted by Crippen LogP contribution is 2.41. The van der Waals surface area contributed by atoms with E-state index in [1.54, 1.807) is 65.6 Å². The molecule has 5 rings (SSSR count). The van der Waals surface area contributed by atoms with E-state index < -0.39 is 53.5 Å². The van der Waals surface area contributed by atoms with Crippen molar-refractivity contribution in [2.24, 2.45) is 11.8 Å². The molecule has 2 aliphatic rings. The van der Waals surface area contributed by atoms with Crippen LogP contribution >= 0.6 is 0 Å². The predicted molar refractivity (Wildman–Crippen MR) is 150 cm³/mol. The molecular weight excluding hydrogens is 588 g/mol. The molecule has 44 heavy (non-hydrogen) atoms. The summed E-state index contributed by atoms with van der Waals surface area (Å²) in [5.41, 5.74) is -0.147. The summed E-state index contributed by atoms with van der Waals surface area (Å²) in [6.07, 6.45) is -10.6. The van der Waals surface area contributed by atoms with Crippen molar-refractivity contribution in [1.29, 1.82) is 5.41 Å². The highest BCUT2D eigenvalue weighted by Gasteiger charge is 2.54. The zero-order valence-corrected chi connectivity index (χ0v) is 23.2. The van der Waals surface area contributed by atoms with Gasteiger partial charge in [-0.05, 0) is 36.1 Å². The molecule has 0 unspecified atom stereocenters. The molecule has 2 aliphatic heterocycles. The molecule has 1 fully saturated rings. The molecule has 3 heterocycles. The van der Waals surface area contributed by atoms with Gasteiger partial charge in [-0.25, -0.2) is 4.98 Å². The van der Waals surface area contributed by atoms with Gasteiger partial charge in [-0.15, -0.1) is 0 Å². The Kier molecular flexibility index (Phi) is 8.69. The molecule has 1 aromatic heterocycles. The van der Waals surface area contributed by atoms with E-state index >= 15 is 0 Å². The second kappa shape index (κ2) is 12.3. The minimum absolute atomic E-state index is 0.214. The number of pyridine rings is 1. The molecule has 0 saturated carbocycles. The first-order valence-corrected chi connectivity index (χ1v) is 13.9. The van der Waals surface area contributed by atoms with E-state index in [4.69, 9.17) is 5.41 Å². The van der Waals surface area contributed by atoms with Gasteiger partial charge in [0.15, 0.2) is 0 Å². The van der Waals surface area contributed by atoms with Crippen LogP contribution in [0.4, 0.5) is 32.0 Å². The number of alkyl halides is 6. The van der Waals surface area contributed by atoms with Gasteiger partial charge in [0, 0.05) is 30.3 Å². The van der Waals surface area contributed by atoms with Crippen LogP contribution in [0.15, 0.2) is 90.4 Å². The number of nitrogens with zero attached hydrogens (tertiary/aromatic N) is 2. The number of halogens is 6. The van der Waals surface area contributed by atoms with Crippen molar-refractivity contribution in [2.45, 2.75) is 37.3 Å². The number of benzene rings is 2. The highest BCUT2D eigenvalue weighted by molar-refractivity contribution is 6.03. The lowest BCUT2D eigenvalue weighted by Crippen LogP contribution is -2.55. The third-order valence-corrected chi connectivity index (χ3v) is 7.92. The Morgan fingerprint density at radius 1 is 0.932 bits per heavy atom. The van der Waals surface area contributed by atoms with Crippen LogP contribution in [0.2, 0.25) is 0 Å². The number of nitrogens with one attached hydrogen (secondary N) is 3. The first-order valence-electron chi connectivity index (χ1n) is 13.9. The van der Waals surface area contributed by atoms with Gasteiger partial charge in [0.1, 0.15) is 23.5 Å². The molecule has 0 bridgehead atoms. The van der Waals surface area contributed by atoms with Gasteiger partial charge in [-0.2, -0.15) is 26.3 Å². The fourth-order valence-corrected chi connectivity index (χ4v) is 5.67. The molecule has 0 aliphatic carbocycles. The molecule has 2 aromatic carbocycles. The minimum Gasteiger partial charge on any atom is -0.382 e. The number of anilines is 1. The van der Waals surface area contributed by atoms with Crippen molar-refractivity contribution in [3.63, 3.8) is 0 Å². The number of hydrogen-bond donors (Lipinski definition) is 4. The number of carbonyl (C=O) groups excluding carboxylic acids is 1. The van der Waals surface area contributed by atoms with E-state index in [1.165, 1.54) is 6.07 Å². The normalized spacial score (nSPS) is 20.1. The molecule has 4 N–H and O–H groups in total. The SMILES string of the molecule is N=C(C1=C(NC(c2ccccc2)c2ccccc2)NC(=O)[C@H](O)[C@@H]1C(F)(F)F)C1CCN(c2ccc(C(F)(F)F)nc2)CC1. The van der Waals surface area contributed by atoms with Crippen LogP contribution in [-0.2, 0) is 11.0 Å². The fourth-order valence-electron chi connectivity index (χ4n) is 5.67. The van der Waals surface area contributed by atoms with Gasteiger partial charge in [0.2, 0.25) is 0 Å². The average molecular weight is 618 g/mol. The molecular formula is C31H29F6N5O2. The van der Waals surface area contributed by atoms with Gasteiger partial charge >= 0.3 is 12.4 Å². The van der Waals surface area contributed by atoms with Crippen LogP contribution in [0.1, 0.15) is 35.7 Å². The first-order chi connectivity index (χ1) is 20.8. The first kappa shape index (κ1) is 31.0. The Hall–Kier alpha value is -4.39. The molecule has 2 atom stereocenters. The number of aliphatic hydroxyl groups excluding tert-OH is 1. The smallest absolute Gasteiger partial charge is 0.382 e. The number of rotatable bonds is 7. The van der Waals surface area contributed by atoms with Gasteiger partial charge in [0.25, 0.3) is 5.91 Å². The molecule has 232 valence electrons. The third-order valence-electron chi connectivity index (χ3n) is 7.92. The minimum atomic E-state index is -5.05. The van der Waals surface area contributed by atoms with Gasteiger partial charge in [0.05, 0.1) is 17.9 Å². The largest absolute Gasteiger partial charge is 0.433 e. The van der Waals surface area contributed by atoms with E-state index in [9.17, 15) is 36.2 Å². The standard InChI is InChI=1S/C31H29F6N5O2/c32-30(33,34)22-12-11-21(17-39-22)42-15-13-18(14-16-42)25(38)23-24(31(35,36)37)27(43)29(44)41-28(23)40-26(19-7-3-1-4-8-19)20-9-5-2-6-10-20/h1-12,17-18,24,26-27,38,40,43H,13-16H2,(H,41,44)/t24-,27-/m1/s1. The topological polar surface area (TPSA) is 101 Å². The maximum Gasteiger partial charge on any atom is 0.433 e. The van der Waals surface area contributed by atoms with E-state index in [1.807, 2.05) is 0 Å². The Morgan fingerprint density at radius 2 is 1.50 bits per heavy atom. The van der Waals surface area contributed by atoms with Crippen LogP contribution in [-0.4, -0.2) is 47.1 Å². The van der Waals surface area contributed by atoms with E-state index in [-0.39, 0.29) is 37.5 Å². The third kappa shape index (κ3) is 6.57. The number of aromatic nitrogens is 1. The van der Waals surface area contributed by atoms with E-state index in [0.717, 1.165) is 12.3 Å². The summed E-state index contributed by atoms with van der Waals surface area (Å²) < 4.78 is 82.3. The second-order valence-corrected chi connectivity index (χ2v) is 10.7. The molecule has 0 radical (unpaired) electrons. The summed E-state index contributed by atoms with van der Waals surface area (Å²) in [5, 5.41) is 24.9. The van der Waals surface area contributed by atoms with Crippen molar-refractivity contribution in [2.75, 3.05) is 18.0 Å². The fraction of sp³-hybridized carbons (Fsp3) is 0.323. The maximum absolute atomic E-state index is 14.5. The van der Waals surface area contributed by atoms with E-state index in [0.29, 0.717) is 16.8 Å². The zero-order chi connectivity index (χ0) is 31.6. The van der Waals surface area contributed by atoms with Crippen molar-refractivity contribution in [1.82, 2.24) is 15.6 Å². The van der Waals surface area contributed by atoms with Crippen molar-refractivity contribution < 1.29 is 36.2 Å². The Balaban J connectivity index is 1.47. The monoisotopic (exact) mass is 617 g/mol. The molecule has 3 aromatic rings. The van der Waals surface area contributed by atoms with E-state index in [2.05, 4.69) is 15.6 Å². The molecule has 7 nitrogen and oxygen atoms in total. The van der Waals surface area contributed by atoms with Crippen LogP contribution in [0.25, 0.3) is 0 Å². The quantitative estimate of drug-likeness (QED) is 0.205. The van der Waals surface area contributed by atoms with Crippen molar-refractivity contribution in [3.05, 3.63) is 107 Å². The van der Waals surface area contributed by atoms with Crippen molar-refractivity contribution in [3.8, 4) is 0 Å². The van der Waals surface area contributed by atoms with Crippen LogP contribution in [0, 0.1) is 17.2 Å². The zero-order valence-electron chi connectivity index (χ0n) is 23.2. The van der Waals surface area contributed by atoms with Gasteiger partial charge < -0.3 is 26.0 Å². The number of hydrogen-bond acceptors (Lipinski definition) is 6. The summed E-state index contributed by atoms with van der Waals surface area (Å²) in [5.74, 6) is -4.87. The lowest BCUT2D eigenvalue weighted by Gasteiger charge is -2.39. The Labute approximate surface area is 249 Å².